The first-order chi connectivity index (χ1) is 21.1. The zero-order valence-electron chi connectivity index (χ0n) is 26.1. The first-order valence-electron chi connectivity index (χ1n) is 14.6. The molecule has 0 fully saturated rings. The van der Waals surface area contributed by atoms with Crippen LogP contribution < -0.4 is 20.9 Å². The summed E-state index contributed by atoms with van der Waals surface area (Å²) in [6.07, 6.45) is 1.86. The highest BCUT2D eigenvalue weighted by molar-refractivity contribution is 6.40. The summed E-state index contributed by atoms with van der Waals surface area (Å²) in [7, 11) is 0. The predicted octanol–water partition coefficient (Wildman–Crippen LogP) is 8.77. The molecule has 3 N–H and O–H groups in total. The normalized spacial score (nSPS) is 11.8. The average molecular weight is 672 g/mol. The Balaban J connectivity index is 1.46. The van der Waals surface area contributed by atoms with Gasteiger partial charge in [0.2, 0.25) is 0 Å². The van der Waals surface area contributed by atoms with E-state index in [1.807, 2.05) is 6.07 Å². The van der Waals surface area contributed by atoms with Crippen LogP contribution in [-0.2, 0) is 15.6 Å². The molecule has 0 saturated carbocycles. The van der Waals surface area contributed by atoms with Gasteiger partial charge in [-0.3, -0.25) is 19.5 Å². The summed E-state index contributed by atoms with van der Waals surface area (Å²) in [5.74, 6) is -0.0718. The lowest BCUT2D eigenvalue weighted by atomic mass is 9.77. The van der Waals surface area contributed by atoms with Gasteiger partial charge in [-0.1, -0.05) is 94.5 Å². The zero-order valence-corrected chi connectivity index (χ0v) is 28.4. The van der Waals surface area contributed by atoms with Crippen molar-refractivity contribution in [2.45, 2.75) is 65.2 Å². The van der Waals surface area contributed by atoms with Crippen molar-refractivity contribution in [2.24, 2.45) is 0 Å². The third kappa shape index (κ3) is 7.93. The number of carbonyl (C=O) groups is 2. The molecule has 0 saturated heterocycles. The number of aromatic amines is 1. The Hall–Kier alpha value is -3.72. The van der Waals surface area contributed by atoms with E-state index in [1.165, 1.54) is 24.3 Å². The molecule has 0 bridgehead atoms. The number of ether oxygens (including phenoxy) is 1. The Morgan fingerprint density at radius 3 is 2.18 bits per heavy atom. The maximum atomic E-state index is 13.0. The van der Waals surface area contributed by atoms with E-state index in [0.29, 0.717) is 16.5 Å². The van der Waals surface area contributed by atoms with Gasteiger partial charge >= 0.3 is 0 Å². The largest absolute Gasteiger partial charge is 0.483 e. The Labute approximate surface area is 278 Å². The minimum atomic E-state index is -0.508. The second kappa shape index (κ2) is 13.7. The van der Waals surface area contributed by atoms with Gasteiger partial charge in [-0.15, -0.1) is 0 Å². The number of hydrogen-bond donors (Lipinski definition) is 3. The predicted molar refractivity (Wildman–Crippen MR) is 183 cm³/mol. The van der Waals surface area contributed by atoms with Crippen LogP contribution in [0.5, 0.6) is 5.75 Å². The van der Waals surface area contributed by atoms with E-state index in [-0.39, 0.29) is 50.5 Å². The Morgan fingerprint density at radius 1 is 0.867 bits per heavy atom. The number of benzene rings is 3. The quantitative estimate of drug-likeness (QED) is 0.148. The summed E-state index contributed by atoms with van der Waals surface area (Å²) in [6, 6.07) is 16.8. The Morgan fingerprint density at radius 2 is 1.53 bits per heavy atom. The summed E-state index contributed by atoms with van der Waals surface area (Å²) >= 11 is 18.5. The lowest BCUT2D eigenvalue weighted by Gasteiger charge is -2.29. The van der Waals surface area contributed by atoms with E-state index in [9.17, 15) is 14.4 Å². The van der Waals surface area contributed by atoms with Gasteiger partial charge in [0.15, 0.2) is 6.61 Å². The zero-order chi connectivity index (χ0) is 33.1. The van der Waals surface area contributed by atoms with E-state index in [4.69, 9.17) is 39.5 Å². The maximum Gasteiger partial charge on any atom is 0.273 e. The number of amides is 2. The summed E-state index contributed by atoms with van der Waals surface area (Å²) in [6.45, 7) is 12.8. The highest BCUT2D eigenvalue weighted by Crippen LogP contribution is 2.38. The number of aromatic nitrogens is 2. The highest BCUT2D eigenvalue weighted by Gasteiger charge is 2.26. The SMILES string of the molecule is CCC(C)(C)c1ccc(C(C)(C)CC)c(OCC(=O)Nc2cccc(C(=O)Nc3cc(=O)n(-c4c(Cl)cc(Cl)cc4Cl)[nH]3)c2)c1. The molecule has 238 valence electrons. The van der Waals surface area contributed by atoms with Crippen molar-refractivity contribution in [1.29, 1.82) is 0 Å². The van der Waals surface area contributed by atoms with Crippen LogP contribution in [0.4, 0.5) is 11.5 Å². The molecule has 3 aromatic carbocycles. The third-order valence-corrected chi connectivity index (χ3v) is 9.00. The highest BCUT2D eigenvalue weighted by atomic mass is 35.5. The van der Waals surface area contributed by atoms with Crippen molar-refractivity contribution in [2.75, 3.05) is 17.2 Å². The molecular formula is C34H37Cl3N4O4. The maximum absolute atomic E-state index is 13.0. The summed E-state index contributed by atoms with van der Waals surface area (Å²) < 4.78 is 7.23. The second-order valence-electron chi connectivity index (χ2n) is 12.1. The molecule has 0 aliphatic rings. The molecule has 2 amide bonds. The van der Waals surface area contributed by atoms with E-state index < -0.39 is 11.5 Å². The molecule has 0 atom stereocenters. The standard InChI is InChI=1S/C34H37Cl3N4O4/c1-7-33(3,4)21-12-13-24(34(5,6)8-2)27(15-21)45-19-29(42)38-23-11-9-10-20(14-23)32(44)39-28-18-30(43)41(40-28)31-25(36)16-22(35)17-26(31)37/h9-18,40H,7-8,19H2,1-6H3,(H,38,42)(H,39,44). The number of halogens is 3. The van der Waals surface area contributed by atoms with Gasteiger partial charge in [0.25, 0.3) is 17.4 Å². The molecular weight excluding hydrogens is 635 g/mol. The summed E-state index contributed by atoms with van der Waals surface area (Å²) in [5.41, 5.74) is 2.38. The molecule has 11 heteroatoms. The van der Waals surface area contributed by atoms with Gasteiger partial charge in [0.1, 0.15) is 17.3 Å². The van der Waals surface area contributed by atoms with Crippen LogP contribution >= 0.6 is 34.8 Å². The molecule has 0 unspecified atom stereocenters. The number of nitrogens with zero attached hydrogens (tertiary/aromatic N) is 1. The van der Waals surface area contributed by atoms with Gasteiger partial charge in [-0.25, -0.2) is 4.68 Å². The monoisotopic (exact) mass is 670 g/mol. The van der Waals surface area contributed by atoms with Gasteiger partial charge in [-0.05, 0) is 71.2 Å². The van der Waals surface area contributed by atoms with Crippen molar-refractivity contribution >= 4 is 58.1 Å². The van der Waals surface area contributed by atoms with Crippen molar-refractivity contribution < 1.29 is 14.3 Å². The van der Waals surface area contributed by atoms with Crippen LogP contribution in [-0.4, -0.2) is 28.2 Å². The van der Waals surface area contributed by atoms with Crippen LogP contribution in [0.2, 0.25) is 15.1 Å². The summed E-state index contributed by atoms with van der Waals surface area (Å²) in [5, 5.41) is 8.87. The minimum Gasteiger partial charge on any atom is -0.483 e. The van der Waals surface area contributed by atoms with Crippen molar-refractivity contribution in [3.05, 3.63) is 103 Å². The van der Waals surface area contributed by atoms with Crippen molar-refractivity contribution in [1.82, 2.24) is 9.78 Å². The first kappa shape index (κ1) is 34.2. The Bertz CT molecular complexity index is 1770. The number of anilines is 2. The fraction of sp³-hybridized carbons (Fsp3) is 0.324. The average Bonchev–Trinajstić information content (AvgIpc) is 3.34. The van der Waals surface area contributed by atoms with Crippen molar-refractivity contribution in [3.8, 4) is 11.4 Å². The molecule has 0 radical (unpaired) electrons. The fourth-order valence-electron chi connectivity index (χ4n) is 4.66. The molecule has 45 heavy (non-hydrogen) atoms. The van der Waals surface area contributed by atoms with Crippen LogP contribution in [0, 0.1) is 0 Å². The first-order valence-corrected chi connectivity index (χ1v) is 15.7. The molecule has 8 nitrogen and oxygen atoms in total. The van der Waals surface area contributed by atoms with Crippen LogP contribution in [0.1, 0.15) is 75.9 Å². The third-order valence-electron chi connectivity index (χ3n) is 8.20. The van der Waals surface area contributed by atoms with E-state index in [0.717, 1.165) is 28.7 Å². The molecule has 0 aliphatic carbocycles. The second-order valence-corrected chi connectivity index (χ2v) is 13.4. The van der Waals surface area contributed by atoms with E-state index in [2.05, 4.69) is 69.4 Å². The fourth-order valence-corrected chi connectivity index (χ4v) is 5.65. The molecule has 1 heterocycles. The lowest BCUT2D eigenvalue weighted by Crippen LogP contribution is -2.24. The Kier molecular flexibility index (Phi) is 10.4. The van der Waals surface area contributed by atoms with Gasteiger partial charge < -0.3 is 15.4 Å². The molecule has 0 aliphatic heterocycles. The van der Waals surface area contributed by atoms with Crippen LogP contribution in [0.25, 0.3) is 5.69 Å². The van der Waals surface area contributed by atoms with Crippen molar-refractivity contribution in [3.63, 3.8) is 0 Å². The number of carbonyl (C=O) groups excluding carboxylic acids is 2. The molecule has 4 aromatic rings. The van der Waals surface area contributed by atoms with Gasteiger partial charge in [0.05, 0.1) is 10.0 Å². The van der Waals surface area contributed by atoms with Crippen LogP contribution in [0.15, 0.2) is 65.5 Å². The minimum absolute atomic E-state index is 0.0398. The number of nitrogens with one attached hydrogen (secondary N) is 3. The van der Waals surface area contributed by atoms with Crippen LogP contribution in [0.3, 0.4) is 0 Å². The lowest BCUT2D eigenvalue weighted by molar-refractivity contribution is -0.118. The van der Waals surface area contributed by atoms with E-state index in [1.54, 1.807) is 18.2 Å². The number of hydrogen-bond acceptors (Lipinski definition) is 4. The van der Waals surface area contributed by atoms with Gasteiger partial charge in [0, 0.05) is 22.3 Å². The van der Waals surface area contributed by atoms with Gasteiger partial charge in [-0.2, -0.15) is 0 Å². The summed E-state index contributed by atoms with van der Waals surface area (Å²) in [4.78, 5) is 38.6. The smallest absolute Gasteiger partial charge is 0.273 e. The molecule has 1 aromatic heterocycles. The molecule has 4 rings (SSSR count). The van der Waals surface area contributed by atoms with E-state index >= 15 is 0 Å². The topological polar surface area (TPSA) is 105 Å². The molecule has 0 spiro atoms. The number of rotatable bonds is 11. The number of H-pyrrole nitrogens is 1.